The molecule has 2 aromatic carbocycles. The van der Waals surface area contributed by atoms with Crippen molar-refractivity contribution in [1.82, 2.24) is 10.3 Å². The van der Waals surface area contributed by atoms with Gasteiger partial charge in [0, 0.05) is 16.8 Å². The molecule has 1 saturated heterocycles. The molecule has 0 amide bonds. The highest BCUT2D eigenvalue weighted by atomic mass is 35.5. The number of nitrogens with zero attached hydrogens (tertiary/aromatic N) is 2. The Labute approximate surface area is 196 Å². The molecule has 0 radical (unpaired) electrons. The number of para-hydroxylation sites is 2. The Hall–Kier alpha value is -3.35. The standard InChI is InChI=1S/C25H20ClN3O2S/c1-15-16(7-6-8-17(15)26)21-12-13-22(31-21)24-23(18-9-4-5-14-27-18)28-25(32)29(24)19-10-2-3-11-20(19)30/h2-14,23-24,30H,1H3,(H,28,32). The van der Waals surface area contributed by atoms with Gasteiger partial charge in [0.15, 0.2) is 5.11 Å². The maximum absolute atomic E-state index is 10.6. The number of thiocarbonyl (C=S) groups is 1. The number of hydrogen-bond acceptors (Lipinski definition) is 4. The normalized spacial score (nSPS) is 18.1. The lowest BCUT2D eigenvalue weighted by Crippen LogP contribution is -2.29. The zero-order valence-electron chi connectivity index (χ0n) is 17.2. The van der Waals surface area contributed by atoms with Crippen LogP contribution in [0.25, 0.3) is 11.3 Å². The Kier molecular flexibility index (Phi) is 5.33. The molecule has 32 heavy (non-hydrogen) atoms. The second kappa shape index (κ2) is 8.30. The lowest BCUT2D eigenvalue weighted by molar-refractivity contribution is 0.434. The van der Waals surface area contributed by atoms with Crippen molar-refractivity contribution in [2.24, 2.45) is 0 Å². The number of halogens is 1. The number of phenols is 1. The zero-order valence-corrected chi connectivity index (χ0v) is 18.8. The van der Waals surface area contributed by atoms with Gasteiger partial charge in [-0.1, -0.05) is 41.9 Å². The van der Waals surface area contributed by atoms with Crippen LogP contribution in [-0.4, -0.2) is 15.2 Å². The molecule has 1 aliphatic heterocycles. The van der Waals surface area contributed by atoms with Crippen LogP contribution >= 0.6 is 23.8 Å². The van der Waals surface area contributed by atoms with Crippen molar-refractivity contribution < 1.29 is 9.52 Å². The van der Waals surface area contributed by atoms with Crippen LogP contribution in [0.4, 0.5) is 5.69 Å². The van der Waals surface area contributed by atoms with E-state index in [1.165, 1.54) is 0 Å². The highest BCUT2D eigenvalue weighted by molar-refractivity contribution is 7.80. The molecule has 0 saturated carbocycles. The van der Waals surface area contributed by atoms with Crippen molar-refractivity contribution in [2.45, 2.75) is 19.0 Å². The second-order valence-electron chi connectivity index (χ2n) is 7.60. The Morgan fingerprint density at radius 1 is 1.03 bits per heavy atom. The summed E-state index contributed by atoms with van der Waals surface area (Å²) < 4.78 is 6.37. The maximum atomic E-state index is 10.6. The minimum atomic E-state index is -0.348. The first-order valence-corrected chi connectivity index (χ1v) is 11.0. The van der Waals surface area contributed by atoms with E-state index in [9.17, 15) is 5.11 Å². The average Bonchev–Trinajstić information content (AvgIpc) is 3.41. The Balaban J connectivity index is 1.63. The van der Waals surface area contributed by atoms with Gasteiger partial charge in [0.2, 0.25) is 0 Å². The van der Waals surface area contributed by atoms with E-state index in [4.69, 9.17) is 28.2 Å². The summed E-state index contributed by atoms with van der Waals surface area (Å²) in [5.41, 5.74) is 3.31. The highest BCUT2D eigenvalue weighted by Crippen LogP contribution is 2.45. The summed E-state index contributed by atoms with van der Waals surface area (Å²) in [6.07, 6.45) is 1.75. The van der Waals surface area contributed by atoms with E-state index >= 15 is 0 Å². The van der Waals surface area contributed by atoms with Gasteiger partial charge in [-0.2, -0.15) is 0 Å². The first-order valence-electron chi connectivity index (χ1n) is 10.2. The zero-order chi connectivity index (χ0) is 22.2. The third kappa shape index (κ3) is 3.51. The Bertz CT molecular complexity index is 1290. The third-order valence-corrected chi connectivity index (χ3v) is 6.41. The number of furan rings is 1. The second-order valence-corrected chi connectivity index (χ2v) is 8.39. The molecule has 1 aliphatic rings. The summed E-state index contributed by atoms with van der Waals surface area (Å²) in [6.45, 7) is 1.97. The molecule has 1 fully saturated rings. The van der Waals surface area contributed by atoms with Gasteiger partial charge in [-0.15, -0.1) is 0 Å². The molecule has 2 atom stereocenters. The number of nitrogens with one attached hydrogen (secondary N) is 1. The molecule has 3 heterocycles. The molecular weight excluding hydrogens is 442 g/mol. The topological polar surface area (TPSA) is 61.5 Å². The van der Waals surface area contributed by atoms with E-state index in [1.54, 1.807) is 18.3 Å². The Morgan fingerprint density at radius 2 is 1.84 bits per heavy atom. The quantitative estimate of drug-likeness (QED) is 0.353. The lowest BCUT2D eigenvalue weighted by Gasteiger charge is -2.26. The van der Waals surface area contributed by atoms with Crippen molar-refractivity contribution in [1.29, 1.82) is 0 Å². The van der Waals surface area contributed by atoms with E-state index in [0.29, 0.717) is 21.6 Å². The van der Waals surface area contributed by atoms with Crippen molar-refractivity contribution in [2.75, 3.05) is 4.90 Å². The van der Waals surface area contributed by atoms with Gasteiger partial charge in [-0.25, -0.2) is 0 Å². The molecule has 0 spiro atoms. The number of phenolic OH excluding ortho intramolecular Hbond substituents is 1. The smallest absolute Gasteiger partial charge is 0.174 e. The van der Waals surface area contributed by atoms with Gasteiger partial charge >= 0.3 is 0 Å². The molecule has 2 unspecified atom stereocenters. The van der Waals surface area contributed by atoms with Crippen molar-refractivity contribution in [3.63, 3.8) is 0 Å². The van der Waals surface area contributed by atoms with Crippen LogP contribution < -0.4 is 10.2 Å². The summed E-state index contributed by atoms with van der Waals surface area (Å²) in [7, 11) is 0. The summed E-state index contributed by atoms with van der Waals surface area (Å²) in [6, 6.07) is 21.9. The molecule has 2 N–H and O–H groups in total. The SMILES string of the molecule is Cc1c(Cl)cccc1-c1ccc(C2C(c3ccccn3)NC(=S)N2c2ccccc2O)o1. The fourth-order valence-corrected chi connectivity index (χ4v) is 4.62. The van der Waals surface area contributed by atoms with E-state index in [1.807, 2.05) is 72.5 Å². The van der Waals surface area contributed by atoms with Crippen LogP contribution in [-0.2, 0) is 0 Å². The first-order chi connectivity index (χ1) is 15.5. The molecular formula is C25H20ClN3O2S. The van der Waals surface area contributed by atoms with Gasteiger partial charge in [-0.3, -0.25) is 4.98 Å². The van der Waals surface area contributed by atoms with Gasteiger partial charge in [0.1, 0.15) is 23.3 Å². The van der Waals surface area contributed by atoms with Crippen molar-refractivity contribution in [3.05, 3.63) is 101 Å². The van der Waals surface area contributed by atoms with Crippen LogP contribution in [0.1, 0.15) is 29.1 Å². The number of anilines is 1. The van der Waals surface area contributed by atoms with E-state index in [2.05, 4.69) is 10.3 Å². The highest BCUT2D eigenvalue weighted by Gasteiger charge is 2.43. The van der Waals surface area contributed by atoms with E-state index < -0.39 is 0 Å². The van der Waals surface area contributed by atoms with E-state index in [0.717, 1.165) is 22.6 Å². The van der Waals surface area contributed by atoms with Crippen molar-refractivity contribution >= 4 is 34.6 Å². The van der Waals surface area contributed by atoms with Crippen LogP contribution in [0, 0.1) is 6.92 Å². The minimum Gasteiger partial charge on any atom is -0.506 e. The summed E-state index contributed by atoms with van der Waals surface area (Å²) in [4.78, 5) is 6.43. The molecule has 7 heteroatoms. The Morgan fingerprint density at radius 3 is 2.62 bits per heavy atom. The fraction of sp³-hybridized carbons (Fsp3) is 0.120. The van der Waals surface area contributed by atoms with Crippen LogP contribution in [0.5, 0.6) is 5.75 Å². The summed E-state index contributed by atoms with van der Waals surface area (Å²) in [5.74, 6) is 1.56. The number of benzene rings is 2. The molecule has 2 aromatic heterocycles. The lowest BCUT2D eigenvalue weighted by atomic mass is 10.0. The summed E-state index contributed by atoms with van der Waals surface area (Å²) >= 11 is 12.0. The van der Waals surface area contributed by atoms with Gasteiger partial charge in [-0.05, 0) is 67.2 Å². The van der Waals surface area contributed by atoms with E-state index in [-0.39, 0.29) is 17.8 Å². The first kappa shape index (κ1) is 20.5. The van der Waals surface area contributed by atoms with Crippen LogP contribution in [0.2, 0.25) is 5.02 Å². The monoisotopic (exact) mass is 461 g/mol. The van der Waals surface area contributed by atoms with Crippen LogP contribution in [0.15, 0.2) is 83.4 Å². The van der Waals surface area contributed by atoms with Crippen molar-refractivity contribution in [3.8, 4) is 17.1 Å². The molecule has 5 nitrogen and oxygen atoms in total. The molecule has 4 aromatic rings. The summed E-state index contributed by atoms with van der Waals surface area (Å²) in [5, 5.41) is 15.1. The third-order valence-electron chi connectivity index (χ3n) is 5.69. The molecule has 0 aliphatic carbocycles. The van der Waals surface area contributed by atoms with Crippen LogP contribution in [0.3, 0.4) is 0 Å². The fourth-order valence-electron chi connectivity index (χ4n) is 4.10. The van der Waals surface area contributed by atoms with Gasteiger partial charge in [0.25, 0.3) is 0 Å². The predicted molar refractivity (Wildman–Crippen MR) is 130 cm³/mol. The minimum absolute atomic E-state index is 0.140. The molecule has 0 bridgehead atoms. The number of hydrogen-bond donors (Lipinski definition) is 2. The molecule has 5 rings (SSSR count). The van der Waals surface area contributed by atoms with Gasteiger partial charge in [0.05, 0.1) is 17.4 Å². The maximum Gasteiger partial charge on any atom is 0.174 e. The number of pyridine rings is 1. The van der Waals surface area contributed by atoms with Gasteiger partial charge < -0.3 is 19.7 Å². The molecule has 160 valence electrons. The average molecular weight is 462 g/mol. The number of aromatic nitrogens is 1. The largest absolute Gasteiger partial charge is 0.506 e. The predicted octanol–water partition coefficient (Wildman–Crippen LogP) is 6.19. The number of rotatable bonds is 4. The number of aromatic hydroxyl groups is 1.